The molecule has 4 rings (SSSR count). The molecule has 198 valence electrons. The molecule has 1 aliphatic rings. The molecule has 1 heterocycles. The number of halogens is 3. The standard InChI is InChI=1S/C27H25F3N4O4/c1-3-33(15-22(35)31-21-11-7-6-10-20(21)27(28,29)30)23(36)16-34-24(37)26(2,32-25(34)38)19-13-12-17-8-4-5-9-18(17)14-19/h4-14H,3,15-16H2,1-2H3,(H,31,35)(H,32,38)/t26-/m0/s1. The second-order valence-electron chi connectivity index (χ2n) is 9.01. The third-order valence-electron chi connectivity index (χ3n) is 6.47. The summed E-state index contributed by atoms with van der Waals surface area (Å²) in [5.41, 5.74) is -2.32. The number of hydrogen-bond acceptors (Lipinski definition) is 4. The Morgan fingerprint density at radius 1 is 1.00 bits per heavy atom. The first-order chi connectivity index (χ1) is 17.9. The minimum Gasteiger partial charge on any atom is -0.332 e. The Hall–Kier alpha value is -4.41. The topological polar surface area (TPSA) is 98.8 Å². The number of amides is 5. The number of carbonyl (C=O) groups is 4. The maximum Gasteiger partial charge on any atom is 0.418 e. The average Bonchev–Trinajstić information content (AvgIpc) is 3.10. The number of rotatable bonds is 7. The van der Waals surface area contributed by atoms with Gasteiger partial charge in [-0.05, 0) is 48.4 Å². The van der Waals surface area contributed by atoms with Gasteiger partial charge in [0.1, 0.15) is 12.1 Å². The Labute approximate surface area is 216 Å². The van der Waals surface area contributed by atoms with E-state index in [0.29, 0.717) is 5.56 Å². The van der Waals surface area contributed by atoms with Gasteiger partial charge >= 0.3 is 12.2 Å². The summed E-state index contributed by atoms with van der Waals surface area (Å²) in [6.07, 6.45) is -4.68. The lowest BCUT2D eigenvalue weighted by molar-refractivity contribution is -0.140. The highest BCUT2D eigenvalue weighted by Crippen LogP contribution is 2.34. The van der Waals surface area contributed by atoms with Crippen LogP contribution in [0.4, 0.5) is 23.7 Å². The molecule has 8 nitrogen and oxygen atoms in total. The largest absolute Gasteiger partial charge is 0.418 e. The predicted octanol–water partition coefficient (Wildman–Crippen LogP) is 4.11. The van der Waals surface area contributed by atoms with Crippen molar-refractivity contribution in [3.63, 3.8) is 0 Å². The van der Waals surface area contributed by atoms with Crippen molar-refractivity contribution in [3.8, 4) is 0 Å². The summed E-state index contributed by atoms with van der Waals surface area (Å²) in [6.45, 7) is 1.95. The van der Waals surface area contributed by atoms with Crippen LogP contribution in [0.2, 0.25) is 0 Å². The van der Waals surface area contributed by atoms with E-state index in [1.807, 2.05) is 30.3 Å². The lowest BCUT2D eigenvalue weighted by atomic mass is 9.90. The van der Waals surface area contributed by atoms with E-state index in [2.05, 4.69) is 10.6 Å². The summed E-state index contributed by atoms with van der Waals surface area (Å²) in [5, 5.41) is 6.66. The van der Waals surface area contributed by atoms with E-state index in [4.69, 9.17) is 0 Å². The van der Waals surface area contributed by atoms with E-state index >= 15 is 0 Å². The highest BCUT2D eigenvalue weighted by molar-refractivity contribution is 6.09. The highest BCUT2D eigenvalue weighted by Gasteiger charge is 2.49. The van der Waals surface area contributed by atoms with Crippen LogP contribution in [0.1, 0.15) is 25.0 Å². The minimum absolute atomic E-state index is 0.0266. The van der Waals surface area contributed by atoms with Crippen molar-refractivity contribution < 1.29 is 32.3 Å². The van der Waals surface area contributed by atoms with Gasteiger partial charge in [0, 0.05) is 6.54 Å². The lowest BCUT2D eigenvalue weighted by Crippen LogP contribution is -2.46. The smallest absolute Gasteiger partial charge is 0.332 e. The van der Waals surface area contributed by atoms with Crippen molar-refractivity contribution in [2.45, 2.75) is 25.6 Å². The van der Waals surface area contributed by atoms with Gasteiger partial charge in [-0.2, -0.15) is 13.2 Å². The van der Waals surface area contributed by atoms with E-state index in [0.717, 1.165) is 32.7 Å². The van der Waals surface area contributed by atoms with Crippen LogP contribution in [0.25, 0.3) is 10.8 Å². The molecular weight excluding hydrogens is 501 g/mol. The summed E-state index contributed by atoms with van der Waals surface area (Å²) >= 11 is 0. The average molecular weight is 527 g/mol. The first-order valence-corrected chi connectivity index (χ1v) is 11.8. The molecule has 1 aliphatic heterocycles. The van der Waals surface area contributed by atoms with Crippen LogP contribution >= 0.6 is 0 Å². The Balaban J connectivity index is 1.45. The molecule has 0 spiro atoms. The summed E-state index contributed by atoms with van der Waals surface area (Å²) in [7, 11) is 0. The predicted molar refractivity (Wildman–Crippen MR) is 134 cm³/mol. The third-order valence-corrected chi connectivity index (χ3v) is 6.47. The van der Waals surface area contributed by atoms with E-state index in [1.54, 1.807) is 26.0 Å². The number of para-hydroxylation sites is 1. The number of imide groups is 1. The highest BCUT2D eigenvalue weighted by atomic mass is 19.4. The van der Waals surface area contributed by atoms with E-state index in [-0.39, 0.29) is 6.54 Å². The Kier molecular flexibility index (Phi) is 7.12. The summed E-state index contributed by atoms with van der Waals surface area (Å²) in [4.78, 5) is 53.3. The monoisotopic (exact) mass is 526 g/mol. The summed E-state index contributed by atoms with van der Waals surface area (Å²) in [5.74, 6) is -2.20. The number of benzene rings is 3. The van der Waals surface area contributed by atoms with Gasteiger partial charge in [-0.15, -0.1) is 0 Å². The molecule has 11 heteroatoms. The molecule has 1 fully saturated rings. The van der Waals surface area contributed by atoms with Crippen LogP contribution < -0.4 is 10.6 Å². The second-order valence-corrected chi connectivity index (χ2v) is 9.01. The molecule has 3 aromatic rings. The maximum atomic E-state index is 13.3. The van der Waals surface area contributed by atoms with E-state index in [1.165, 1.54) is 12.1 Å². The number of urea groups is 1. The first-order valence-electron chi connectivity index (χ1n) is 11.8. The number of likely N-dealkylation sites (N-methyl/N-ethyl adjacent to an activating group) is 1. The number of nitrogens with zero attached hydrogens (tertiary/aromatic N) is 2. The fourth-order valence-corrected chi connectivity index (χ4v) is 4.35. The Bertz CT molecular complexity index is 1420. The van der Waals surface area contributed by atoms with Crippen LogP contribution in [0, 0.1) is 0 Å². The van der Waals surface area contributed by atoms with Crippen molar-refractivity contribution in [3.05, 3.63) is 77.9 Å². The van der Waals surface area contributed by atoms with Crippen molar-refractivity contribution in [1.29, 1.82) is 0 Å². The number of alkyl halides is 3. The van der Waals surface area contributed by atoms with Crippen LogP contribution in [0.15, 0.2) is 66.7 Å². The van der Waals surface area contributed by atoms with Crippen LogP contribution in [-0.2, 0) is 26.1 Å². The summed E-state index contributed by atoms with van der Waals surface area (Å²) in [6, 6.07) is 16.6. The van der Waals surface area contributed by atoms with Crippen molar-refractivity contribution >= 4 is 40.2 Å². The molecular formula is C27H25F3N4O4. The van der Waals surface area contributed by atoms with E-state index in [9.17, 15) is 32.3 Å². The SMILES string of the molecule is CCN(CC(=O)Nc1ccccc1C(F)(F)F)C(=O)CN1C(=O)N[C@@](C)(c2ccc3ccccc3c2)C1=O. The molecule has 0 radical (unpaired) electrons. The molecule has 0 aromatic heterocycles. The number of hydrogen-bond donors (Lipinski definition) is 2. The van der Waals surface area contributed by atoms with Gasteiger partial charge in [0.15, 0.2) is 0 Å². The van der Waals surface area contributed by atoms with Crippen molar-refractivity contribution in [2.75, 3.05) is 25.0 Å². The fraction of sp³-hybridized carbons (Fsp3) is 0.259. The number of nitrogens with one attached hydrogen (secondary N) is 2. The molecule has 0 bridgehead atoms. The number of anilines is 1. The van der Waals surface area contributed by atoms with Gasteiger partial charge in [0.2, 0.25) is 11.8 Å². The van der Waals surface area contributed by atoms with Gasteiger partial charge in [0.05, 0.1) is 17.8 Å². The van der Waals surface area contributed by atoms with Crippen LogP contribution in [-0.4, -0.2) is 53.2 Å². The molecule has 38 heavy (non-hydrogen) atoms. The van der Waals surface area contributed by atoms with Gasteiger partial charge in [-0.1, -0.05) is 48.5 Å². The lowest BCUT2D eigenvalue weighted by Gasteiger charge is -2.25. The van der Waals surface area contributed by atoms with Gasteiger partial charge in [0.25, 0.3) is 5.91 Å². The zero-order valence-corrected chi connectivity index (χ0v) is 20.6. The zero-order valence-electron chi connectivity index (χ0n) is 20.6. The molecule has 0 saturated carbocycles. The maximum absolute atomic E-state index is 13.3. The third kappa shape index (κ3) is 5.17. The second kappa shape index (κ2) is 10.2. The van der Waals surface area contributed by atoms with Crippen LogP contribution in [0.3, 0.4) is 0 Å². The quantitative estimate of drug-likeness (QED) is 0.453. The molecule has 5 amide bonds. The molecule has 0 unspecified atom stereocenters. The van der Waals surface area contributed by atoms with E-state index < -0.39 is 59.8 Å². The van der Waals surface area contributed by atoms with Gasteiger partial charge < -0.3 is 15.5 Å². The first kappa shape index (κ1) is 26.6. The van der Waals surface area contributed by atoms with Gasteiger partial charge in [-0.3, -0.25) is 19.3 Å². The molecule has 2 N–H and O–H groups in total. The van der Waals surface area contributed by atoms with Crippen molar-refractivity contribution in [2.24, 2.45) is 0 Å². The Morgan fingerprint density at radius 2 is 1.66 bits per heavy atom. The molecule has 1 saturated heterocycles. The molecule has 1 atom stereocenters. The molecule has 3 aromatic carbocycles. The number of fused-ring (bicyclic) bond motifs is 1. The molecule has 0 aliphatic carbocycles. The Morgan fingerprint density at radius 3 is 2.34 bits per heavy atom. The van der Waals surface area contributed by atoms with Crippen LogP contribution in [0.5, 0.6) is 0 Å². The van der Waals surface area contributed by atoms with Crippen molar-refractivity contribution in [1.82, 2.24) is 15.1 Å². The zero-order chi connectivity index (χ0) is 27.7. The number of carbonyl (C=O) groups excluding carboxylic acids is 4. The van der Waals surface area contributed by atoms with Gasteiger partial charge in [-0.25, -0.2) is 4.79 Å². The minimum atomic E-state index is -4.68. The fourth-order valence-electron chi connectivity index (χ4n) is 4.35. The summed E-state index contributed by atoms with van der Waals surface area (Å²) < 4.78 is 39.7. The normalized spacial score (nSPS) is 17.4.